The van der Waals surface area contributed by atoms with E-state index in [-0.39, 0.29) is 0 Å². The Morgan fingerprint density at radius 1 is 1.62 bits per heavy atom. The largest absolute Gasteiger partial charge is 0.762 e. The summed E-state index contributed by atoms with van der Waals surface area (Å²) in [5, 5.41) is 2.10. The second-order valence-corrected chi connectivity index (χ2v) is 3.71. The van der Waals surface area contributed by atoms with Crippen molar-refractivity contribution in [3.8, 4) is 11.2 Å². The third kappa shape index (κ3) is 5.04. The van der Waals surface area contributed by atoms with Gasteiger partial charge in [-0.2, -0.15) is 0 Å². The molecule has 0 radical (unpaired) electrons. The first kappa shape index (κ1) is 10.7. The van der Waals surface area contributed by atoms with Crippen molar-refractivity contribution in [2.24, 2.45) is 0 Å². The summed E-state index contributed by atoms with van der Waals surface area (Å²) in [7, 11) is 0. The summed E-state index contributed by atoms with van der Waals surface area (Å²) in [6, 6.07) is 0. The molecular weight excluding hydrogens is 188 g/mol. The maximum absolute atomic E-state index is 10.0. The number of unbranched alkanes of at least 4 members (excludes halogenated alkanes) is 1. The molecule has 1 fully saturated rings. The Labute approximate surface area is 81.1 Å². The van der Waals surface area contributed by atoms with Crippen LogP contribution >= 0.6 is 0 Å². The molecule has 0 saturated carbocycles. The van der Waals surface area contributed by atoms with Crippen LogP contribution in [0.2, 0.25) is 0 Å². The topological polar surface area (TPSA) is 49.4 Å². The molecule has 1 rings (SSSR count). The molecule has 0 N–H and O–H groups in total. The predicted octanol–water partition coefficient (Wildman–Crippen LogP) is 1.18. The molecule has 13 heavy (non-hydrogen) atoms. The van der Waals surface area contributed by atoms with E-state index in [2.05, 4.69) is 11.2 Å². The highest BCUT2D eigenvalue weighted by molar-refractivity contribution is 7.84. The maximum Gasteiger partial charge on any atom is 0.0576 e. The van der Waals surface area contributed by atoms with Crippen molar-refractivity contribution >= 4 is 11.1 Å². The average Bonchev–Trinajstić information content (AvgIpc) is 2.55. The molecule has 0 aliphatic carbocycles. The molecule has 0 aromatic rings. The lowest BCUT2D eigenvalue weighted by Gasteiger charge is -2.06. The zero-order valence-corrected chi connectivity index (χ0v) is 8.27. The fourth-order valence-corrected chi connectivity index (χ4v) is 1.62. The lowest BCUT2D eigenvalue weighted by Crippen LogP contribution is -2.03. The lowest BCUT2D eigenvalue weighted by atomic mass is 10.1. The number of ether oxygens (including phenoxy) is 1. The van der Waals surface area contributed by atoms with Gasteiger partial charge in [-0.25, -0.2) is 0 Å². The van der Waals surface area contributed by atoms with Crippen molar-refractivity contribution in [2.45, 2.75) is 38.2 Å². The normalized spacial score (nSPS) is 23.6. The van der Waals surface area contributed by atoms with Crippen molar-refractivity contribution in [1.29, 1.82) is 0 Å². The van der Waals surface area contributed by atoms with E-state index >= 15 is 0 Å². The van der Waals surface area contributed by atoms with Gasteiger partial charge in [-0.3, -0.25) is 4.21 Å². The summed E-state index contributed by atoms with van der Waals surface area (Å²) in [6.07, 6.45) is 5.25. The number of rotatable bonds is 3. The highest BCUT2D eigenvalue weighted by atomic mass is 32.2. The molecule has 2 unspecified atom stereocenters. The van der Waals surface area contributed by atoms with Crippen LogP contribution in [-0.2, 0) is 15.8 Å². The van der Waals surface area contributed by atoms with Gasteiger partial charge in [0.15, 0.2) is 0 Å². The van der Waals surface area contributed by atoms with Gasteiger partial charge in [-0.05, 0) is 30.9 Å². The Kier molecular flexibility index (Phi) is 5.06. The quantitative estimate of drug-likeness (QED) is 0.391. The number of hydrogen-bond donors (Lipinski definition) is 0. The third-order valence-electron chi connectivity index (χ3n) is 2.01. The van der Waals surface area contributed by atoms with Gasteiger partial charge in [0.25, 0.3) is 0 Å². The van der Waals surface area contributed by atoms with Gasteiger partial charge in [0, 0.05) is 24.1 Å². The van der Waals surface area contributed by atoms with Gasteiger partial charge in [0.05, 0.1) is 6.10 Å². The monoisotopic (exact) mass is 201 g/mol. The second kappa shape index (κ2) is 6.14. The standard InChI is InChI=1S/C9H14O3S/c10-13(11)8-3-1-2-5-9-6-4-7-12-9/h9H,1-2,4-7H2,(H,10,11)/p-1. The molecule has 2 atom stereocenters. The summed E-state index contributed by atoms with van der Waals surface area (Å²) in [6.45, 7) is 0.876. The summed E-state index contributed by atoms with van der Waals surface area (Å²) in [4.78, 5) is 0. The van der Waals surface area contributed by atoms with Crippen LogP contribution in [0.25, 0.3) is 0 Å². The Balaban J connectivity index is 2.01. The minimum absolute atomic E-state index is 0.388. The Morgan fingerprint density at radius 3 is 3.08 bits per heavy atom. The molecule has 0 aromatic carbocycles. The van der Waals surface area contributed by atoms with Crippen LogP contribution in [0.1, 0.15) is 32.1 Å². The van der Waals surface area contributed by atoms with Crippen LogP contribution in [0.15, 0.2) is 0 Å². The molecule has 0 bridgehead atoms. The van der Waals surface area contributed by atoms with E-state index in [0.29, 0.717) is 12.5 Å². The molecule has 1 heterocycles. The summed E-state index contributed by atoms with van der Waals surface area (Å²) in [5.41, 5.74) is 0. The summed E-state index contributed by atoms with van der Waals surface area (Å²) < 4.78 is 25.5. The van der Waals surface area contributed by atoms with Crippen LogP contribution in [0.5, 0.6) is 0 Å². The summed E-state index contributed by atoms with van der Waals surface area (Å²) in [5.74, 6) is 2.59. The first-order chi connectivity index (χ1) is 6.29. The smallest absolute Gasteiger partial charge is 0.0576 e. The van der Waals surface area contributed by atoms with Gasteiger partial charge < -0.3 is 9.29 Å². The van der Waals surface area contributed by atoms with Crippen molar-refractivity contribution in [3.63, 3.8) is 0 Å². The van der Waals surface area contributed by atoms with Crippen molar-refractivity contribution in [3.05, 3.63) is 0 Å². The highest BCUT2D eigenvalue weighted by Crippen LogP contribution is 2.17. The molecule has 4 heteroatoms. The van der Waals surface area contributed by atoms with Gasteiger partial charge in [0.1, 0.15) is 0 Å². The van der Waals surface area contributed by atoms with Gasteiger partial charge in [0.2, 0.25) is 0 Å². The summed E-state index contributed by atoms with van der Waals surface area (Å²) >= 11 is -2.21. The molecule has 0 spiro atoms. The molecule has 1 saturated heterocycles. The van der Waals surface area contributed by atoms with Crippen molar-refractivity contribution in [1.82, 2.24) is 0 Å². The van der Waals surface area contributed by atoms with Crippen molar-refractivity contribution < 1.29 is 13.5 Å². The first-order valence-corrected chi connectivity index (χ1v) is 5.56. The van der Waals surface area contributed by atoms with E-state index in [1.54, 1.807) is 0 Å². The average molecular weight is 201 g/mol. The molecule has 1 aliphatic rings. The molecular formula is C9H13O3S-. The SMILES string of the molecule is O=S([O-])C#CCCCC1CCCO1. The minimum atomic E-state index is -2.21. The van der Waals surface area contributed by atoms with Crippen LogP contribution in [-0.4, -0.2) is 21.5 Å². The highest BCUT2D eigenvalue weighted by Gasteiger charge is 2.13. The molecule has 0 amide bonds. The molecule has 3 nitrogen and oxygen atoms in total. The van der Waals surface area contributed by atoms with Crippen LogP contribution < -0.4 is 0 Å². The maximum atomic E-state index is 10.0. The number of hydrogen-bond acceptors (Lipinski definition) is 3. The zero-order chi connectivity index (χ0) is 9.52. The van der Waals surface area contributed by atoms with Crippen LogP contribution in [0, 0.1) is 11.2 Å². The zero-order valence-electron chi connectivity index (χ0n) is 7.45. The van der Waals surface area contributed by atoms with Gasteiger partial charge >= 0.3 is 0 Å². The van der Waals surface area contributed by atoms with Gasteiger partial charge in [-0.15, -0.1) is 0 Å². The second-order valence-electron chi connectivity index (χ2n) is 3.04. The minimum Gasteiger partial charge on any atom is -0.762 e. The third-order valence-corrected chi connectivity index (χ3v) is 2.32. The van der Waals surface area contributed by atoms with Gasteiger partial charge in [-0.1, -0.05) is 5.92 Å². The predicted molar refractivity (Wildman–Crippen MR) is 49.5 cm³/mol. The van der Waals surface area contributed by atoms with E-state index in [0.717, 1.165) is 32.3 Å². The van der Waals surface area contributed by atoms with E-state index in [4.69, 9.17) is 4.74 Å². The Morgan fingerprint density at radius 2 is 2.46 bits per heavy atom. The van der Waals surface area contributed by atoms with Crippen molar-refractivity contribution in [2.75, 3.05) is 6.61 Å². The molecule has 74 valence electrons. The van der Waals surface area contributed by atoms with E-state index in [1.165, 1.54) is 0 Å². The molecule has 1 aliphatic heterocycles. The van der Waals surface area contributed by atoms with Crippen LogP contribution in [0.4, 0.5) is 0 Å². The van der Waals surface area contributed by atoms with E-state index < -0.39 is 11.1 Å². The Hall–Kier alpha value is -0.370. The van der Waals surface area contributed by atoms with E-state index in [1.807, 2.05) is 0 Å². The molecule has 0 aromatic heterocycles. The first-order valence-electron chi connectivity index (χ1n) is 4.48. The van der Waals surface area contributed by atoms with Crippen LogP contribution in [0.3, 0.4) is 0 Å². The fraction of sp³-hybridized carbons (Fsp3) is 0.778. The Bertz CT molecular complexity index is 223. The fourth-order valence-electron chi connectivity index (χ4n) is 1.40. The van der Waals surface area contributed by atoms with E-state index in [9.17, 15) is 8.76 Å². The lowest BCUT2D eigenvalue weighted by molar-refractivity contribution is 0.103.